The van der Waals surface area contributed by atoms with Crippen molar-refractivity contribution in [2.24, 2.45) is 0 Å². The molecule has 0 N–H and O–H groups in total. The summed E-state index contributed by atoms with van der Waals surface area (Å²) < 4.78 is 157. The fraction of sp³-hybridized carbons (Fsp3) is 0.0261. The fourth-order valence-electron chi connectivity index (χ4n) is 17.6. The van der Waals surface area contributed by atoms with Gasteiger partial charge < -0.3 is 4.90 Å². The van der Waals surface area contributed by atoms with Crippen LogP contribution in [0.1, 0.15) is 80.3 Å². The van der Waals surface area contributed by atoms with E-state index in [0.717, 1.165) is 110 Å². The molecule has 0 fully saturated rings. The summed E-state index contributed by atoms with van der Waals surface area (Å²) in [7, 11) is 0. The van der Waals surface area contributed by atoms with Crippen LogP contribution in [-0.4, -0.2) is 0 Å². The van der Waals surface area contributed by atoms with Crippen molar-refractivity contribution in [1.29, 1.82) is 0 Å². The summed E-state index contributed by atoms with van der Waals surface area (Å²) in [5.41, 5.74) is 16.5. The van der Waals surface area contributed by atoms with Crippen LogP contribution in [0.15, 0.2) is 473 Å². The molecule has 20 aromatic carbocycles. The van der Waals surface area contributed by atoms with Crippen LogP contribution < -0.4 is 4.90 Å². The average Bonchev–Trinajstić information content (AvgIpc) is 1.54. The lowest BCUT2D eigenvalue weighted by Crippen LogP contribution is -2.28. The Morgan fingerprint density at radius 3 is 1.03 bits per heavy atom. The molecule has 0 aliphatic heterocycles. The van der Waals surface area contributed by atoms with Crippen molar-refractivity contribution < 1.29 is 24.7 Å². The Bertz CT molecular complexity index is 7990. The van der Waals surface area contributed by atoms with Gasteiger partial charge in [0, 0.05) is 22.1 Å². The smallest absolute Gasteiger partial charge is 0.0714 e. The minimum Gasteiger partial charge on any atom is -0.310 e. The molecule has 0 heterocycles. The van der Waals surface area contributed by atoms with Gasteiger partial charge in [-0.1, -0.05) is 424 Å². The molecule has 0 saturated carbocycles. The van der Waals surface area contributed by atoms with Gasteiger partial charge in [0.25, 0.3) is 0 Å². The Hall–Kier alpha value is -14.5. The third-order valence-corrected chi connectivity index (χ3v) is 23.0. The first-order valence-electron chi connectivity index (χ1n) is 47.9. The van der Waals surface area contributed by atoms with Crippen LogP contribution in [0, 0.1) is 0 Å². The van der Waals surface area contributed by atoms with Crippen LogP contribution in [0.4, 0.5) is 17.1 Å². The zero-order chi connectivity index (χ0) is 93.7. The first-order valence-corrected chi connectivity index (χ1v) is 39.3. The summed E-state index contributed by atoms with van der Waals surface area (Å²) in [5.74, 6) is 0. The number of anilines is 3. The molecule has 2 aliphatic rings. The van der Waals surface area contributed by atoms with Gasteiger partial charge >= 0.3 is 0 Å². The maximum Gasteiger partial charge on any atom is 0.0714 e. The van der Waals surface area contributed by atoms with Gasteiger partial charge in [-0.15, -0.1) is 0 Å². The van der Waals surface area contributed by atoms with Gasteiger partial charge in [0.05, 0.1) is 35.5 Å². The van der Waals surface area contributed by atoms with Crippen molar-refractivity contribution in [3.8, 4) is 66.8 Å². The van der Waals surface area contributed by atoms with Crippen LogP contribution in [0.2, 0.25) is 5.02 Å². The molecular weight excluding hydrogens is 1430 g/mol. The molecule has 20 aromatic rings. The van der Waals surface area contributed by atoms with Crippen molar-refractivity contribution in [3.63, 3.8) is 0 Å². The van der Waals surface area contributed by atoms with E-state index in [9.17, 15) is 5.48 Å². The molecule has 117 heavy (non-hydrogen) atoms. The first-order chi connectivity index (χ1) is 65.4. The van der Waals surface area contributed by atoms with Crippen LogP contribution in [-0.2, 0) is 17.3 Å². The minimum absolute atomic E-state index is 0.0597. The standard InChI is InChI=1S/C57H39N.C38H28.C20H13Cl/c1-4-16-40(17-5-1)41-28-32-46(33-29-41)58(47-34-30-42(31-35-47)54-38-43-18-10-11-23-49(43)50-24-12-13-25-51(50)54)48-36-37-53-52-26-14-15-27-55(52)57(56(53)39-48,44-19-6-2-7-20-44)45-21-8-3-9-22-45;1-4-12-30(13-5-1)31-23-20-28(21-24-31)26-29-22-25-35-34-18-10-11-19-36(34)38(37(35)27-29,32-14-6-2-7-15-32)33-16-8-3-9-17-33;21-16-11-9-14(10-12-16)20-13-15-5-1-2-6-17(15)18-7-3-4-8-19(18)20/h1-39H;1-25,27H,26H2;1-13H/i1D,4D,5D,16D,17D,28D,29D,32D,33D;1D,4D,5D,12D,13D,20D,21D,23D,24D;. The van der Waals surface area contributed by atoms with E-state index in [-0.39, 0.29) is 52.0 Å². The minimum atomic E-state index is -0.781. The predicted octanol–water partition coefficient (Wildman–Crippen LogP) is 30.8. The zero-order valence-corrected chi connectivity index (χ0v) is 63.9. The van der Waals surface area contributed by atoms with Gasteiger partial charge in [-0.05, 0) is 233 Å². The Kier molecular flexibility index (Phi) is 14.4. The zero-order valence-electron chi connectivity index (χ0n) is 81.2. The molecule has 0 atom stereocenters. The molecule has 2 heteroatoms. The van der Waals surface area contributed by atoms with Gasteiger partial charge in [-0.2, -0.15) is 0 Å². The average molecular weight is 1530 g/mol. The predicted molar refractivity (Wildman–Crippen MR) is 495 cm³/mol. The largest absolute Gasteiger partial charge is 0.310 e. The van der Waals surface area contributed by atoms with Gasteiger partial charge in [-0.3, -0.25) is 0 Å². The second kappa shape index (κ2) is 31.1. The molecule has 22 rings (SSSR count). The summed E-state index contributed by atoms with van der Waals surface area (Å²) in [6.45, 7) is 0. The number of rotatable bonds is 13. The Morgan fingerprint density at radius 2 is 0.573 bits per heavy atom. The molecule has 0 saturated heterocycles. The summed E-state index contributed by atoms with van der Waals surface area (Å²) in [6, 6.07) is 115. The summed E-state index contributed by atoms with van der Waals surface area (Å²) in [6.07, 6.45) is 0.0967. The number of nitrogens with zero attached hydrogens (tertiary/aromatic N) is 1. The van der Waals surface area contributed by atoms with Gasteiger partial charge in [0.1, 0.15) is 0 Å². The van der Waals surface area contributed by atoms with Crippen LogP contribution in [0.5, 0.6) is 0 Å². The van der Waals surface area contributed by atoms with Gasteiger partial charge in [0.15, 0.2) is 0 Å². The molecule has 1 nitrogen and oxygen atoms in total. The highest BCUT2D eigenvalue weighted by Gasteiger charge is 2.48. The third-order valence-electron chi connectivity index (χ3n) is 22.7. The second-order valence-electron chi connectivity index (χ2n) is 29.2. The number of hydrogen-bond acceptors (Lipinski definition) is 1. The summed E-state index contributed by atoms with van der Waals surface area (Å²) in [5, 5.41) is 10.4. The number of fused-ring (bicyclic) bond motifs is 12. The second-order valence-corrected chi connectivity index (χ2v) is 29.6. The molecule has 0 unspecified atom stereocenters. The van der Waals surface area contributed by atoms with Crippen LogP contribution in [0.25, 0.3) is 110 Å². The van der Waals surface area contributed by atoms with Crippen LogP contribution in [0.3, 0.4) is 0 Å². The van der Waals surface area contributed by atoms with Gasteiger partial charge in [0.2, 0.25) is 0 Å². The maximum atomic E-state index is 9.71. The fourth-order valence-corrected chi connectivity index (χ4v) is 17.8. The van der Waals surface area contributed by atoms with Crippen molar-refractivity contribution in [3.05, 3.63) is 533 Å². The summed E-state index contributed by atoms with van der Waals surface area (Å²) >= 11 is 6.01. The number of hydrogen-bond donors (Lipinski definition) is 0. The molecular formula is C115H80ClN. The normalized spacial score (nSPS) is 14.6. The highest BCUT2D eigenvalue weighted by molar-refractivity contribution is 6.30. The van der Waals surface area contributed by atoms with Crippen molar-refractivity contribution in [1.82, 2.24) is 0 Å². The van der Waals surface area contributed by atoms with E-state index in [1.165, 1.54) is 32.7 Å². The number of benzene rings is 20. The number of halogens is 1. The molecule has 0 radical (unpaired) electrons. The van der Waals surface area contributed by atoms with E-state index >= 15 is 0 Å². The Balaban J connectivity index is 0.000000143. The van der Waals surface area contributed by atoms with E-state index in [0.29, 0.717) is 11.4 Å². The lowest BCUT2D eigenvalue weighted by Gasteiger charge is -2.35. The third kappa shape index (κ3) is 13.1. The van der Waals surface area contributed by atoms with Crippen molar-refractivity contribution in [2.75, 3.05) is 4.90 Å². The maximum absolute atomic E-state index is 9.71. The SMILES string of the molecule is Clc1ccc(-c2cc3ccccc3c3ccccc23)cc1.[2H]c1c([2H])c([2H])c(-c2c([2H])c([2H])c(Cc3ccc4c(c3)C(c3ccccc3)(c3ccccc3)c3ccccc3-4)c([2H])c2[2H])c([2H])c1[2H].[2H]c1c([2H])c([2H])c(-c2c([2H])c([2H])c(N(c3ccc(-c4cc5ccccc5c5ccccc45)cc3)c3ccc4c(c3)C(c3ccccc3)(c3ccccc3)c3ccccc3-4)c([2H])c2[2H])c([2H])c1[2H]. The quantitative estimate of drug-likeness (QED) is 0.104. The molecule has 0 amide bonds. The molecule has 0 bridgehead atoms. The van der Waals surface area contributed by atoms with Crippen molar-refractivity contribution >= 4 is 71.8 Å². The topological polar surface area (TPSA) is 3.24 Å². The Labute approximate surface area is 714 Å². The Morgan fingerprint density at radius 1 is 0.222 bits per heavy atom. The molecule has 552 valence electrons. The lowest BCUT2D eigenvalue weighted by molar-refractivity contribution is 0.767. The molecule has 0 aromatic heterocycles. The molecule has 2 aliphatic carbocycles. The van der Waals surface area contributed by atoms with E-state index in [4.69, 9.17) is 30.8 Å². The lowest BCUT2D eigenvalue weighted by atomic mass is 9.67. The van der Waals surface area contributed by atoms with E-state index in [2.05, 4.69) is 200 Å². The van der Waals surface area contributed by atoms with E-state index in [1.54, 1.807) is 4.90 Å². The highest BCUT2D eigenvalue weighted by atomic mass is 35.5. The van der Waals surface area contributed by atoms with E-state index < -0.39 is 108 Å². The van der Waals surface area contributed by atoms with Crippen LogP contribution >= 0.6 is 11.6 Å². The first kappa shape index (κ1) is 54.3. The molecule has 0 spiro atoms. The van der Waals surface area contributed by atoms with E-state index in [1.807, 2.05) is 164 Å². The summed E-state index contributed by atoms with van der Waals surface area (Å²) in [4.78, 5) is 1.75. The van der Waals surface area contributed by atoms with Crippen molar-refractivity contribution in [2.45, 2.75) is 17.3 Å². The highest BCUT2D eigenvalue weighted by Crippen LogP contribution is 2.59. The van der Waals surface area contributed by atoms with Gasteiger partial charge in [-0.25, -0.2) is 0 Å². The monoisotopic (exact) mass is 1530 g/mol.